The van der Waals surface area contributed by atoms with Gasteiger partial charge >= 0.3 is 5.97 Å². The molecule has 0 aliphatic rings. The molecular formula is C14H22N2O3S. The molecule has 3 N–H and O–H groups in total. The minimum atomic E-state index is -0.604. The van der Waals surface area contributed by atoms with E-state index >= 15 is 0 Å². The van der Waals surface area contributed by atoms with E-state index in [9.17, 15) is 9.59 Å². The highest BCUT2D eigenvalue weighted by atomic mass is 32.1. The zero-order valence-electron chi connectivity index (χ0n) is 12.6. The van der Waals surface area contributed by atoms with Gasteiger partial charge in [-0.2, -0.15) is 0 Å². The average Bonchev–Trinajstić information content (AvgIpc) is 2.64. The van der Waals surface area contributed by atoms with Crippen LogP contribution in [-0.4, -0.2) is 24.5 Å². The Kier molecular flexibility index (Phi) is 5.71. The Labute approximate surface area is 123 Å². The molecule has 1 heterocycles. The molecule has 0 radical (unpaired) electrons. The summed E-state index contributed by atoms with van der Waals surface area (Å²) < 4.78 is 5.04. The van der Waals surface area contributed by atoms with E-state index in [4.69, 9.17) is 10.5 Å². The number of hydrogen-bond donors (Lipinski definition) is 2. The first kappa shape index (κ1) is 16.7. The molecule has 1 aromatic rings. The van der Waals surface area contributed by atoms with E-state index in [1.54, 1.807) is 6.92 Å². The molecule has 0 spiro atoms. The fraction of sp³-hybridized carbons (Fsp3) is 0.571. The highest BCUT2D eigenvalue weighted by Crippen LogP contribution is 2.33. The van der Waals surface area contributed by atoms with Crippen molar-refractivity contribution in [1.82, 2.24) is 0 Å². The Morgan fingerprint density at radius 1 is 1.35 bits per heavy atom. The van der Waals surface area contributed by atoms with Gasteiger partial charge in [0.15, 0.2) is 0 Å². The zero-order valence-corrected chi connectivity index (χ0v) is 13.4. The monoisotopic (exact) mass is 298 g/mol. The van der Waals surface area contributed by atoms with Crippen LogP contribution in [0.15, 0.2) is 0 Å². The Bertz CT molecular complexity index is 509. The van der Waals surface area contributed by atoms with Crippen molar-refractivity contribution in [2.75, 3.05) is 11.9 Å². The lowest BCUT2D eigenvalue weighted by molar-refractivity contribution is -0.118. The fourth-order valence-electron chi connectivity index (χ4n) is 1.66. The second-order valence-electron chi connectivity index (χ2n) is 4.97. The Balaban J connectivity index is 3.04. The van der Waals surface area contributed by atoms with Crippen LogP contribution in [0.5, 0.6) is 0 Å². The van der Waals surface area contributed by atoms with Gasteiger partial charge < -0.3 is 15.8 Å². The second kappa shape index (κ2) is 6.85. The van der Waals surface area contributed by atoms with E-state index in [2.05, 4.69) is 5.32 Å². The maximum atomic E-state index is 12.0. The molecule has 0 saturated heterocycles. The third-order valence-corrected chi connectivity index (χ3v) is 4.25. The van der Waals surface area contributed by atoms with E-state index in [0.29, 0.717) is 17.2 Å². The van der Waals surface area contributed by atoms with E-state index in [1.165, 1.54) is 11.3 Å². The molecule has 0 aliphatic heterocycles. The van der Waals surface area contributed by atoms with Crippen LogP contribution in [-0.2, 0) is 9.53 Å². The van der Waals surface area contributed by atoms with Crippen LogP contribution in [0.3, 0.4) is 0 Å². The van der Waals surface area contributed by atoms with E-state index in [1.807, 2.05) is 27.7 Å². The van der Waals surface area contributed by atoms with Crippen molar-refractivity contribution in [2.24, 2.45) is 11.7 Å². The molecule has 0 bridgehead atoms. The number of nitrogens with two attached hydrogens (primary N) is 1. The number of ether oxygens (including phenoxy) is 1. The van der Waals surface area contributed by atoms with Crippen LogP contribution >= 0.6 is 11.3 Å². The number of carbonyl (C=O) groups is 2. The third-order valence-electron chi connectivity index (χ3n) is 3.12. The number of nitrogens with one attached hydrogen (secondary N) is 1. The molecule has 6 heteroatoms. The van der Waals surface area contributed by atoms with Crippen LogP contribution in [0.1, 0.15) is 41.6 Å². The summed E-state index contributed by atoms with van der Waals surface area (Å²) >= 11 is 1.36. The van der Waals surface area contributed by atoms with Crippen molar-refractivity contribution >= 4 is 28.2 Å². The first-order valence-electron chi connectivity index (χ1n) is 6.63. The zero-order chi connectivity index (χ0) is 15.4. The van der Waals surface area contributed by atoms with Gasteiger partial charge in [0.1, 0.15) is 5.00 Å². The predicted molar refractivity (Wildman–Crippen MR) is 81.2 cm³/mol. The summed E-state index contributed by atoms with van der Waals surface area (Å²) in [7, 11) is 0. The van der Waals surface area contributed by atoms with Crippen LogP contribution in [0, 0.1) is 19.8 Å². The second-order valence-corrected chi connectivity index (χ2v) is 6.19. The lowest BCUT2D eigenvalue weighted by atomic mass is 10.0. The summed E-state index contributed by atoms with van der Waals surface area (Å²) in [5.41, 5.74) is 7.08. The minimum absolute atomic E-state index is 0.0307. The fourth-order valence-corrected chi connectivity index (χ4v) is 2.71. The number of carbonyl (C=O) groups excluding carboxylic acids is 2. The summed E-state index contributed by atoms with van der Waals surface area (Å²) in [4.78, 5) is 25.0. The third kappa shape index (κ3) is 3.58. The van der Waals surface area contributed by atoms with Gasteiger partial charge in [-0.15, -0.1) is 11.3 Å². The van der Waals surface area contributed by atoms with Crippen LogP contribution in [0.4, 0.5) is 5.00 Å². The normalized spacial score (nSPS) is 12.3. The van der Waals surface area contributed by atoms with Gasteiger partial charge in [-0.1, -0.05) is 13.8 Å². The molecule has 0 aliphatic carbocycles. The van der Waals surface area contributed by atoms with Crippen molar-refractivity contribution in [3.05, 3.63) is 16.0 Å². The highest BCUT2D eigenvalue weighted by molar-refractivity contribution is 7.16. The summed E-state index contributed by atoms with van der Waals surface area (Å²) in [5, 5.41) is 3.26. The number of esters is 1. The maximum Gasteiger partial charge on any atom is 0.341 e. The molecule has 0 aromatic carbocycles. The SMILES string of the molecule is CCOC(=O)c1c(NC(=O)[C@H](N)C(C)C)sc(C)c1C. The molecule has 1 rings (SSSR count). The summed E-state index contributed by atoms with van der Waals surface area (Å²) in [6.07, 6.45) is 0. The van der Waals surface area contributed by atoms with Crippen molar-refractivity contribution < 1.29 is 14.3 Å². The number of anilines is 1. The van der Waals surface area contributed by atoms with Crippen molar-refractivity contribution in [2.45, 2.75) is 40.7 Å². The van der Waals surface area contributed by atoms with E-state index < -0.39 is 12.0 Å². The molecule has 0 saturated carbocycles. The summed E-state index contributed by atoms with van der Waals surface area (Å²) in [5.74, 6) is -0.669. The largest absolute Gasteiger partial charge is 0.462 e. The molecule has 1 amide bonds. The van der Waals surface area contributed by atoms with Gasteiger partial charge in [-0.3, -0.25) is 4.79 Å². The standard InChI is InChI=1S/C14H22N2O3S/c1-6-19-14(18)10-8(4)9(5)20-13(10)16-12(17)11(15)7(2)3/h7,11H,6,15H2,1-5H3,(H,16,17)/t11-/m1/s1. The van der Waals surface area contributed by atoms with Crippen molar-refractivity contribution in [1.29, 1.82) is 0 Å². The molecule has 1 aromatic heterocycles. The first-order chi connectivity index (χ1) is 9.29. The number of amides is 1. The molecule has 112 valence electrons. The molecular weight excluding hydrogens is 276 g/mol. The number of hydrogen-bond acceptors (Lipinski definition) is 5. The smallest absolute Gasteiger partial charge is 0.341 e. The van der Waals surface area contributed by atoms with Gasteiger partial charge in [0.05, 0.1) is 18.2 Å². The van der Waals surface area contributed by atoms with E-state index in [0.717, 1.165) is 10.4 Å². The Morgan fingerprint density at radius 3 is 2.45 bits per heavy atom. The molecule has 20 heavy (non-hydrogen) atoms. The quantitative estimate of drug-likeness (QED) is 0.818. The van der Waals surface area contributed by atoms with Gasteiger partial charge in [0.2, 0.25) is 5.91 Å². The Morgan fingerprint density at radius 2 is 1.95 bits per heavy atom. The highest BCUT2D eigenvalue weighted by Gasteiger charge is 2.24. The average molecular weight is 298 g/mol. The molecule has 1 atom stereocenters. The summed E-state index contributed by atoms with van der Waals surface area (Å²) in [6.45, 7) is 9.55. The van der Waals surface area contributed by atoms with Crippen LogP contribution in [0.2, 0.25) is 0 Å². The number of rotatable bonds is 5. The minimum Gasteiger partial charge on any atom is -0.462 e. The predicted octanol–water partition coefficient (Wildman–Crippen LogP) is 2.46. The van der Waals surface area contributed by atoms with E-state index in [-0.39, 0.29) is 11.8 Å². The number of aryl methyl sites for hydroxylation is 1. The van der Waals surface area contributed by atoms with Crippen molar-refractivity contribution in [3.8, 4) is 0 Å². The van der Waals surface area contributed by atoms with Crippen LogP contribution < -0.4 is 11.1 Å². The lowest BCUT2D eigenvalue weighted by Crippen LogP contribution is -2.39. The summed E-state index contributed by atoms with van der Waals surface area (Å²) in [6, 6.07) is -0.604. The topological polar surface area (TPSA) is 81.4 Å². The molecule has 5 nitrogen and oxygen atoms in total. The Hall–Kier alpha value is -1.40. The van der Waals surface area contributed by atoms with Gasteiger partial charge in [0, 0.05) is 4.88 Å². The van der Waals surface area contributed by atoms with Gasteiger partial charge in [0.25, 0.3) is 0 Å². The van der Waals surface area contributed by atoms with Gasteiger partial charge in [-0.25, -0.2) is 4.79 Å². The first-order valence-corrected chi connectivity index (χ1v) is 7.44. The lowest BCUT2D eigenvalue weighted by Gasteiger charge is -2.15. The van der Waals surface area contributed by atoms with Gasteiger partial charge in [-0.05, 0) is 32.3 Å². The van der Waals surface area contributed by atoms with Crippen LogP contribution in [0.25, 0.3) is 0 Å². The molecule has 0 fully saturated rings. The number of thiophene rings is 1. The van der Waals surface area contributed by atoms with Crippen molar-refractivity contribution in [3.63, 3.8) is 0 Å². The maximum absolute atomic E-state index is 12.0. The molecule has 0 unspecified atom stereocenters.